The van der Waals surface area contributed by atoms with Crippen molar-refractivity contribution in [1.29, 1.82) is 0 Å². The zero-order valence-electron chi connectivity index (χ0n) is 15.7. The van der Waals surface area contributed by atoms with Crippen molar-refractivity contribution < 1.29 is 14.4 Å². The van der Waals surface area contributed by atoms with Crippen molar-refractivity contribution in [3.05, 3.63) is 29.8 Å². The van der Waals surface area contributed by atoms with Gasteiger partial charge in [-0.1, -0.05) is 42.6 Å². The molecule has 0 spiro atoms. The molecule has 0 unspecified atom stereocenters. The van der Waals surface area contributed by atoms with Crippen LogP contribution in [-0.4, -0.2) is 36.8 Å². The van der Waals surface area contributed by atoms with Gasteiger partial charge in [0.05, 0.1) is 6.42 Å². The van der Waals surface area contributed by atoms with E-state index in [0.717, 1.165) is 44.2 Å². The summed E-state index contributed by atoms with van der Waals surface area (Å²) in [4.78, 5) is 31.3. The zero-order chi connectivity index (χ0) is 19.1. The highest BCUT2D eigenvalue weighted by molar-refractivity contribution is 5.99. The Balaban J connectivity index is 1.44. The molecule has 0 aromatic heterocycles. The average molecular weight is 372 g/mol. The number of benzene rings is 1. The van der Waals surface area contributed by atoms with Crippen molar-refractivity contribution in [3.63, 3.8) is 0 Å². The Bertz CT molecular complexity index is 698. The molecule has 3 N–H and O–H groups in total. The van der Waals surface area contributed by atoms with Crippen molar-refractivity contribution in [1.82, 2.24) is 5.32 Å². The molecule has 1 fully saturated rings. The number of hydrogen-bond donors (Lipinski definition) is 2. The van der Waals surface area contributed by atoms with Gasteiger partial charge in [-0.2, -0.15) is 0 Å². The quantitative estimate of drug-likeness (QED) is 0.454. The van der Waals surface area contributed by atoms with Gasteiger partial charge in [0.25, 0.3) is 5.91 Å². The van der Waals surface area contributed by atoms with E-state index < -0.39 is 0 Å². The zero-order valence-corrected chi connectivity index (χ0v) is 15.7. The maximum atomic E-state index is 12.4. The monoisotopic (exact) mass is 372 g/mol. The highest BCUT2D eigenvalue weighted by Gasteiger charge is 2.22. The first kappa shape index (κ1) is 19.2. The van der Waals surface area contributed by atoms with Gasteiger partial charge in [-0.05, 0) is 37.3 Å². The molecule has 0 saturated heterocycles. The third kappa shape index (κ3) is 5.45. The molecule has 0 bridgehead atoms. The number of carbonyl (C=O) groups excluding carboxylic acids is 2. The Labute approximate surface area is 159 Å². The third-order valence-corrected chi connectivity index (χ3v) is 5.09. The van der Waals surface area contributed by atoms with Crippen LogP contribution in [0.4, 0.5) is 5.69 Å². The second kappa shape index (κ2) is 9.39. The molecule has 1 aliphatic heterocycles. The summed E-state index contributed by atoms with van der Waals surface area (Å²) in [5.41, 5.74) is 7.86. The van der Waals surface area contributed by atoms with Crippen LogP contribution in [-0.2, 0) is 20.8 Å². The first-order chi connectivity index (χ1) is 13.1. The molecule has 1 aliphatic carbocycles. The molecule has 3 rings (SSSR count). The minimum Gasteiger partial charge on any atom is -0.384 e. The fourth-order valence-corrected chi connectivity index (χ4v) is 3.76. The summed E-state index contributed by atoms with van der Waals surface area (Å²) in [6.07, 6.45) is 7.46. The number of para-hydroxylation sites is 1. The molecule has 0 radical (unpaired) electrons. The summed E-state index contributed by atoms with van der Waals surface area (Å²) in [6, 6.07) is 8.12. The van der Waals surface area contributed by atoms with E-state index >= 15 is 0 Å². The molecule has 1 heterocycles. The van der Waals surface area contributed by atoms with Crippen LogP contribution in [0.3, 0.4) is 0 Å². The lowest BCUT2D eigenvalue weighted by Gasteiger charge is -2.29. The third-order valence-electron chi connectivity index (χ3n) is 5.09. The first-order valence-corrected chi connectivity index (χ1v) is 9.75. The number of amides is 2. The van der Waals surface area contributed by atoms with E-state index in [0.29, 0.717) is 6.54 Å². The molecule has 1 aromatic rings. The van der Waals surface area contributed by atoms with E-state index in [1.165, 1.54) is 12.0 Å². The first-order valence-electron chi connectivity index (χ1n) is 9.75. The molecule has 1 aromatic carbocycles. The van der Waals surface area contributed by atoms with Gasteiger partial charge in [-0.15, -0.1) is 0 Å². The van der Waals surface area contributed by atoms with Crippen molar-refractivity contribution in [2.75, 3.05) is 18.1 Å². The Morgan fingerprint density at radius 2 is 1.96 bits per heavy atom. The number of anilines is 1. The molecule has 2 aliphatic rings. The lowest BCUT2D eigenvalue weighted by molar-refractivity contribution is -0.123. The minimum absolute atomic E-state index is 0.0166. The van der Waals surface area contributed by atoms with Crippen LogP contribution >= 0.6 is 0 Å². The minimum atomic E-state index is -0.195. The van der Waals surface area contributed by atoms with Gasteiger partial charge in [0.1, 0.15) is 5.84 Å². The number of fused-ring (bicyclic) bond motifs is 1. The van der Waals surface area contributed by atoms with Crippen LogP contribution < -0.4 is 16.0 Å². The van der Waals surface area contributed by atoms with E-state index in [2.05, 4.69) is 10.5 Å². The normalized spacial score (nSPS) is 17.9. The van der Waals surface area contributed by atoms with E-state index in [1.807, 2.05) is 24.3 Å². The molecular weight excluding hydrogens is 344 g/mol. The smallest absolute Gasteiger partial charge is 0.267 e. The summed E-state index contributed by atoms with van der Waals surface area (Å²) in [5, 5.41) is 6.72. The van der Waals surface area contributed by atoms with Gasteiger partial charge in [0.2, 0.25) is 5.91 Å². The number of nitrogens with one attached hydrogen (secondary N) is 1. The fraction of sp³-hybridized carbons (Fsp3) is 0.550. The summed E-state index contributed by atoms with van der Waals surface area (Å²) in [7, 11) is 0. The number of rotatable bonds is 6. The Morgan fingerprint density at radius 3 is 2.78 bits per heavy atom. The van der Waals surface area contributed by atoms with Gasteiger partial charge >= 0.3 is 0 Å². The highest BCUT2D eigenvalue weighted by atomic mass is 16.6. The number of oxime groups is 1. The second-order valence-corrected chi connectivity index (χ2v) is 7.21. The topological polar surface area (TPSA) is 97.0 Å². The maximum absolute atomic E-state index is 12.4. The lowest BCUT2D eigenvalue weighted by atomic mass is 9.95. The molecule has 7 heteroatoms. The number of carbonyl (C=O) groups is 2. The number of hydrogen-bond acceptors (Lipinski definition) is 4. The molecule has 2 amide bonds. The van der Waals surface area contributed by atoms with Gasteiger partial charge in [-0.25, -0.2) is 0 Å². The Kier molecular flexibility index (Phi) is 6.68. The Hall–Kier alpha value is -2.57. The molecule has 7 nitrogen and oxygen atoms in total. The largest absolute Gasteiger partial charge is 0.384 e. The second-order valence-electron chi connectivity index (χ2n) is 7.21. The molecule has 27 heavy (non-hydrogen) atoms. The molecule has 146 valence electrons. The van der Waals surface area contributed by atoms with Gasteiger partial charge in [-0.3, -0.25) is 9.59 Å². The van der Waals surface area contributed by atoms with Crippen molar-refractivity contribution in [2.24, 2.45) is 10.9 Å². The standard InChI is InChI=1S/C20H28N4O3/c21-18(13-19(25)22-16-9-2-1-3-10-16)23-27-14-20(26)24-12-6-8-15-7-4-5-11-17(15)24/h4-5,7,11,16H,1-3,6,8-10,12-14H2,(H2,21,23)(H,22,25). The summed E-state index contributed by atoms with van der Waals surface area (Å²) >= 11 is 0. The van der Waals surface area contributed by atoms with E-state index in [4.69, 9.17) is 10.6 Å². The highest BCUT2D eigenvalue weighted by Crippen LogP contribution is 2.26. The van der Waals surface area contributed by atoms with Crippen LogP contribution in [0.25, 0.3) is 0 Å². The lowest BCUT2D eigenvalue weighted by Crippen LogP contribution is -2.38. The Morgan fingerprint density at radius 1 is 1.19 bits per heavy atom. The summed E-state index contributed by atoms with van der Waals surface area (Å²) in [5.74, 6) is -0.233. The number of nitrogens with two attached hydrogens (primary N) is 1. The summed E-state index contributed by atoms with van der Waals surface area (Å²) in [6.45, 7) is 0.474. The van der Waals surface area contributed by atoms with E-state index in [1.54, 1.807) is 4.90 Å². The van der Waals surface area contributed by atoms with E-state index in [9.17, 15) is 9.59 Å². The van der Waals surface area contributed by atoms with Gasteiger partial charge < -0.3 is 20.8 Å². The van der Waals surface area contributed by atoms with Gasteiger partial charge in [0, 0.05) is 18.3 Å². The maximum Gasteiger partial charge on any atom is 0.267 e. The predicted molar refractivity (Wildman–Crippen MR) is 104 cm³/mol. The molecule has 0 atom stereocenters. The van der Waals surface area contributed by atoms with Crippen LogP contribution in [0.15, 0.2) is 29.4 Å². The van der Waals surface area contributed by atoms with Crippen LogP contribution in [0, 0.1) is 0 Å². The fourth-order valence-electron chi connectivity index (χ4n) is 3.76. The summed E-state index contributed by atoms with van der Waals surface area (Å²) < 4.78 is 0. The van der Waals surface area contributed by atoms with Crippen LogP contribution in [0.5, 0.6) is 0 Å². The SMILES string of the molecule is NC(CC(=O)NC1CCCCC1)=NOCC(=O)N1CCCc2ccccc21. The number of amidine groups is 1. The van der Waals surface area contributed by atoms with Crippen molar-refractivity contribution >= 4 is 23.3 Å². The number of nitrogens with zero attached hydrogens (tertiary/aromatic N) is 2. The molecule has 1 saturated carbocycles. The van der Waals surface area contributed by atoms with Crippen LogP contribution in [0.2, 0.25) is 0 Å². The molecular formula is C20H28N4O3. The van der Waals surface area contributed by atoms with Crippen molar-refractivity contribution in [2.45, 2.75) is 57.4 Å². The number of aryl methyl sites for hydroxylation is 1. The average Bonchev–Trinajstić information content (AvgIpc) is 2.68. The van der Waals surface area contributed by atoms with Crippen molar-refractivity contribution in [3.8, 4) is 0 Å². The predicted octanol–water partition coefficient (Wildman–Crippen LogP) is 2.09. The van der Waals surface area contributed by atoms with E-state index in [-0.39, 0.29) is 36.7 Å². The van der Waals surface area contributed by atoms with Gasteiger partial charge in [0.15, 0.2) is 6.61 Å². The van der Waals surface area contributed by atoms with Crippen LogP contribution in [0.1, 0.15) is 50.5 Å².